The lowest BCUT2D eigenvalue weighted by Crippen LogP contribution is -2.41. The van der Waals surface area contributed by atoms with E-state index in [4.69, 9.17) is 9.47 Å². The number of rotatable bonds is 10. The van der Waals surface area contributed by atoms with Gasteiger partial charge in [0.1, 0.15) is 5.82 Å². The van der Waals surface area contributed by atoms with Gasteiger partial charge in [0.2, 0.25) is 0 Å². The molecule has 34 heavy (non-hydrogen) atoms. The molecule has 11 heteroatoms. The number of carbonyl (C=O) groups is 3. The molecule has 0 radical (unpaired) electrons. The fourth-order valence-electron chi connectivity index (χ4n) is 2.54. The fraction of sp³-hybridized carbons (Fsp3) is 0.304. The van der Waals surface area contributed by atoms with Gasteiger partial charge >= 0.3 is 11.8 Å². The highest BCUT2D eigenvalue weighted by Gasteiger charge is 2.16. The SMILES string of the molecule is CCOc1cc(/C=N\NC(=O)C(=O)N[C@@H](C)CC)cc(I)c1OCC(=O)Nc1ccc(F)cc1. The second-order valence-electron chi connectivity index (χ2n) is 7.09. The van der Waals surface area contributed by atoms with Crippen LogP contribution in [0.5, 0.6) is 11.5 Å². The van der Waals surface area contributed by atoms with Crippen LogP contribution in [0.1, 0.15) is 32.8 Å². The number of hydrogen-bond donors (Lipinski definition) is 3. The summed E-state index contributed by atoms with van der Waals surface area (Å²) in [6, 6.07) is 8.61. The summed E-state index contributed by atoms with van der Waals surface area (Å²) in [6.45, 7) is 5.55. The third-order valence-electron chi connectivity index (χ3n) is 4.38. The third kappa shape index (κ3) is 8.61. The topological polar surface area (TPSA) is 118 Å². The monoisotopic (exact) mass is 584 g/mol. The van der Waals surface area contributed by atoms with Crippen molar-refractivity contribution >= 4 is 52.2 Å². The van der Waals surface area contributed by atoms with Gasteiger partial charge in [-0.3, -0.25) is 14.4 Å². The van der Waals surface area contributed by atoms with E-state index in [1.807, 2.05) is 29.5 Å². The average Bonchev–Trinajstić information content (AvgIpc) is 2.80. The number of amides is 3. The zero-order chi connectivity index (χ0) is 25.1. The molecular weight excluding hydrogens is 558 g/mol. The number of benzene rings is 2. The van der Waals surface area contributed by atoms with Crippen molar-refractivity contribution in [1.29, 1.82) is 0 Å². The molecule has 0 aliphatic carbocycles. The van der Waals surface area contributed by atoms with Gasteiger partial charge in [0.25, 0.3) is 5.91 Å². The molecule has 9 nitrogen and oxygen atoms in total. The van der Waals surface area contributed by atoms with E-state index in [1.54, 1.807) is 26.0 Å². The highest BCUT2D eigenvalue weighted by molar-refractivity contribution is 14.1. The number of nitrogens with zero attached hydrogens (tertiary/aromatic N) is 1. The first-order valence-electron chi connectivity index (χ1n) is 10.5. The van der Waals surface area contributed by atoms with Crippen molar-refractivity contribution in [3.63, 3.8) is 0 Å². The van der Waals surface area contributed by atoms with Gasteiger partial charge in [0.05, 0.1) is 16.4 Å². The maximum atomic E-state index is 13.0. The molecule has 2 aromatic carbocycles. The van der Waals surface area contributed by atoms with Crippen LogP contribution in [0.2, 0.25) is 0 Å². The number of nitrogens with one attached hydrogen (secondary N) is 3. The second kappa shape index (κ2) is 13.5. The summed E-state index contributed by atoms with van der Waals surface area (Å²) in [5, 5.41) is 8.99. The van der Waals surface area contributed by atoms with Crippen molar-refractivity contribution in [2.24, 2.45) is 5.10 Å². The molecule has 0 saturated carbocycles. The lowest BCUT2D eigenvalue weighted by atomic mass is 10.2. The summed E-state index contributed by atoms with van der Waals surface area (Å²) < 4.78 is 24.9. The number of halogens is 2. The number of anilines is 1. The van der Waals surface area contributed by atoms with Crippen molar-refractivity contribution in [2.45, 2.75) is 33.2 Å². The van der Waals surface area contributed by atoms with E-state index in [1.165, 1.54) is 30.5 Å². The fourth-order valence-corrected chi connectivity index (χ4v) is 3.32. The number of hydrazone groups is 1. The molecule has 0 unspecified atom stereocenters. The van der Waals surface area contributed by atoms with Gasteiger partial charge in [0, 0.05) is 11.7 Å². The average molecular weight is 584 g/mol. The lowest BCUT2D eigenvalue weighted by Gasteiger charge is -2.14. The first kappa shape index (κ1) is 27.0. The number of ether oxygens (including phenoxy) is 2. The summed E-state index contributed by atoms with van der Waals surface area (Å²) >= 11 is 2.03. The highest BCUT2D eigenvalue weighted by atomic mass is 127. The van der Waals surface area contributed by atoms with Gasteiger partial charge in [-0.25, -0.2) is 9.82 Å². The van der Waals surface area contributed by atoms with Crippen LogP contribution in [0.3, 0.4) is 0 Å². The zero-order valence-electron chi connectivity index (χ0n) is 19.0. The minimum Gasteiger partial charge on any atom is -0.490 e. The summed E-state index contributed by atoms with van der Waals surface area (Å²) in [4.78, 5) is 35.8. The van der Waals surface area contributed by atoms with Crippen molar-refractivity contribution in [3.8, 4) is 11.5 Å². The lowest BCUT2D eigenvalue weighted by molar-refractivity contribution is -0.139. The first-order valence-corrected chi connectivity index (χ1v) is 11.6. The van der Waals surface area contributed by atoms with Crippen molar-refractivity contribution in [1.82, 2.24) is 10.7 Å². The van der Waals surface area contributed by atoms with Crippen molar-refractivity contribution in [2.75, 3.05) is 18.5 Å². The standard InChI is InChI=1S/C23H26FIN4O5/c1-4-14(3)27-22(31)23(32)29-26-12-15-10-18(25)21(19(11-15)33-5-2)34-13-20(30)28-17-8-6-16(24)7-9-17/h6-12,14H,4-5,13H2,1-3H3,(H,27,31)(H,28,30)(H,29,32)/b26-12-/t14-/m0/s1. The Morgan fingerprint density at radius 1 is 1.12 bits per heavy atom. The third-order valence-corrected chi connectivity index (χ3v) is 5.18. The van der Waals surface area contributed by atoms with E-state index in [9.17, 15) is 18.8 Å². The summed E-state index contributed by atoms with van der Waals surface area (Å²) in [6.07, 6.45) is 2.06. The van der Waals surface area contributed by atoms with Gasteiger partial charge in [-0.15, -0.1) is 0 Å². The Morgan fingerprint density at radius 3 is 2.47 bits per heavy atom. The Hall–Kier alpha value is -3.22. The van der Waals surface area contributed by atoms with Gasteiger partial charge in [0.15, 0.2) is 18.1 Å². The van der Waals surface area contributed by atoms with Crippen LogP contribution in [-0.2, 0) is 14.4 Å². The van der Waals surface area contributed by atoms with Gasteiger partial charge in [-0.1, -0.05) is 6.92 Å². The molecule has 0 spiro atoms. The van der Waals surface area contributed by atoms with Crippen LogP contribution in [-0.4, -0.2) is 43.2 Å². The van der Waals surface area contributed by atoms with E-state index in [0.29, 0.717) is 39.3 Å². The Bertz CT molecular complexity index is 1050. The molecule has 2 rings (SSSR count). The van der Waals surface area contributed by atoms with E-state index in [-0.39, 0.29) is 12.6 Å². The molecule has 2 aromatic rings. The molecular formula is C23H26FIN4O5. The second-order valence-corrected chi connectivity index (χ2v) is 8.25. The minimum atomic E-state index is -0.872. The van der Waals surface area contributed by atoms with Crippen LogP contribution in [0.4, 0.5) is 10.1 Å². The Labute approximate surface area is 210 Å². The Balaban J connectivity index is 2.03. The Morgan fingerprint density at radius 2 is 1.82 bits per heavy atom. The molecule has 0 aliphatic heterocycles. The quantitative estimate of drug-likeness (QED) is 0.172. The molecule has 0 heterocycles. The molecule has 0 bridgehead atoms. The number of hydrogen-bond acceptors (Lipinski definition) is 6. The first-order chi connectivity index (χ1) is 16.2. The molecule has 0 aromatic heterocycles. The van der Waals surface area contributed by atoms with E-state index < -0.39 is 23.5 Å². The maximum absolute atomic E-state index is 13.0. The smallest absolute Gasteiger partial charge is 0.329 e. The van der Waals surface area contributed by atoms with Crippen LogP contribution in [0, 0.1) is 9.39 Å². The highest BCUT2D eigenvalue weighted by Crippen LogP contribution is 2.34. The van der Waals surface area contributed by atoms with Gasteiger partial charge in [-0.05, 0) is 84.8 Å². The zero-order valence-corrected chi connectivity index (χ0v) is 21.1. The Kier molecular flexibility index (Phi) is 10.7. The van der Waals surface area contributed by atoms with Crippen LogP contribution in [0.25, 0.3) is 0 Å². The summed E-state index contributed by atoms with van der Waals surface area (Å²) in [5.41, 5.74) is 3.21. The van der Waals surface area contributed by atoms with Crippen molar-refractivity contribution < 1.29 is 28.2 Å². The summed E-state index contributed by atoms with van der Waals surface area (Å²) in [7, 11) is 0. The van der Waals surface area contributed by atoms with Crippen LogP contribution < -0.4 is 25.5 Å². The van der Waals surface area contributed by atoms with Gasteiger partial charge < -0.3 is 20.1 Å². The van der Waals surface area contributed by atoms with E-state index in [2.05, 4.69) is 21.2 Å². The molecule has 182 valence electrons. The summed E-state index contributed by atoms with van der Waals surface area (Å²) in [5.74, 6) is -1.71. The van der Waals surface area contributed by atoms with E-state index >= 15 is 0 Å². The van der Waals surface area contributed by atoms with Gasteiger partial charge in [-0.2, -0.15) is 5.10 Å². The van der Waals surface area contributed by atoms with Crippen LogP contribution >= 0.6 is 22.6 Å². The maximum Gasteiger partial charge on any atom is 0.329 e. The molecule has 0 aliphatic rings. The predicted octanol–water partition coefficient (Wildman–Crippen LogP) is 3.21. The normalized spacial score (nSPS) is 11.6. The molecule has 0 fully saturated rings. The predicted molar refractivity (Wildman–Crippen MR) is 134 cm³/mol. The van der Waals surface area contributed by atoms with Crippen molar-refractivity contribution in [3.05, 3.63) is 51.3 Å². The minimum absolute atomic E-state index is 0.122. The molecule has 3 N–H and O–H groups in total. The number of carbonyl (C=O) groups excluding carboxylic acids is 3. The largest absolute Gasteiger partial charge is 0.490 e. The van der Waals surface area contributed by atoms with Crippen LogP contribution in [0.15, 0.2) is 41.5 Å². The van der Waals surface area contributed by atoms with E-state index in [0.717, 1.165) is 0 Å². The molecule has 0 saturated heterocycles. The molecule has 3 amide bonds. The molecule has 1 atom stereocenters.